The summed E-state index contributed by atoms with van der Waals surface area (Å²) in [5.74, 6) is -0.636. The number of benzene rings is 1. The predicted octanol–water partition coefficient (Wildman–Crippen LogP) is 2.63. The highest BCUT2D eigenvalue weighted by Crippen LogP contribution is 2.17. The summed E-state index contributed by atoms with van der Waals surface area (Å²) in [4.78, 5) is 26.6. The van der Waals surface area contributed by atoms with Gasteiger partial charge in [0, 0.05) is 30.4 Å². The lowest BCUT2D eigenvalue weighted by molar-refractivity contribution is 0.0777. The Hall–Kier alpha value is -2.70. The molecule has 0 spiro atoms. The van der Waals surface area contributed by atoms with Gasteiger partial charge in [0.15, 0.2) is 0 Å². The highest BCUT2D eigenvalue weighted by atomic mass is 19.1. The third-order valence-corrected chi connectivity index (χ3v) is 4.69. The van der Waals surface area contributed by atoms with E-state index < -0.39 is 5.82 Å². The summed E-state index contributed by atoms with van der Waals surface area (Å²) in [6, 6.07) is 5.77. The Balaban J connectivity index is 1.62. The maximum atomic E-state index is 13.4. The molecule has 138 valence electrons. The van der Waals surface area contributed by atoms with Crippen LogP contribution in [0.15, 0.2) is 24.3 Å². The zero-order valence-corrected chi connectivity index (χ0v) is 15.2. The summed E-state index contributed by atoms with van der Waals surface area (Å²) < 4.78 is 13.4. The van der Waals surface area contributed by atoms with Crippen LogP contribution in [0.1, 0.15) is 58.3 Å². The highest BCUT2D eigenvalue weighted by Gasteiger charge is 2.29. The van der Waals surface area contributed by atoms with Crippen molar-refractivity contribution >= 4 is 11.8 Å². The molecular weight excluding hydrogens is 335 g/mol. The number of aromatic nitrogens is 2. The molecule has 2 N–H and O–H groups in total. The van der Waals surface area contributed by atoms with Crippen LogP contribution in [0.3, 0.4) is 0 Å². The third kappa shape index (κ3) is 3.76. The van der Waals surface area contributed by atoms with Crippen LogP contribution in [0, 0.1) is 12.7 Å². The fraction of sp³-hybridized carbons (Fsp3) is 0.421. The predicted molar refractivity (Wildman–Crippen MR) is 95.6 cm³/mol. The molecule has 7 heteroatoms. The average Bonchev–Trinajstić information content (AvgIpc) is 3.26. The van der Waals surface area contributed by atoms with E-state index in [-0.39, 0.29) is 23.8 Å². The largest absolute Gasteiger partial charge is 0.347 e. The van der Waals surface area contributed by atoms with Gasteiger partial charge in [0.05, 0.1) is 0 Å². The quantitative estimate of drug-likeness (QED) is 0.882. The van der Waals surface area contributed by atoms with Crippen LogP contribution in [0.25, 0.3) is 0 Å². The first-order chi connectivity index (χ1) is 12.3. The van der Waals surface area contributed by atoms with Crippen molar-refractivity contribution in [1.82, 2.24) is 20.4 Å². The Morgan fingerprint density at radius 2 is 2.12 bits per heavy atom. The molecule has 6 nitrogen and oxygen atoms in total. The second kappa shape index (κ2) is 7.27. The van der Waals surface area contributed by atoms with Crippen LogP contribution in [0.4, 0.5) is 4.39 Å². The molecule has 0 bridgehead atoms. The minimum absolute atomic E-state index is 0.146. The van der Waals surface area contributed by atoms with Crippen LogP contribution in [-0.4, -0.2) is 46.0 Å². The third-order valence-electron chi connectivity index (χ3n) is 4.69. The molecule has 2 amide bonds. The van der Waals surface area contributed by atoms with Gasteiger partial charge in [-0.25, -0.2) is 4.39 Å². The lowest BCUT2D eigenvalue weighted by Gasteiger charge is -2.16. The van der Waals surface area contributed by atoms with Crippen LogP contribution >= 0.6 is 0 Å². The molecule has 1 aliphatic heterocycles. The van der Waals surface area contributed by atoms with Crippen LogP contribution in [0.2, 0.25) is 0 Å². The van der Waals surface area contributed by atoms with Crippen LogP contribution in [0.5, 0.6) is 0 Å². The second-order valence-electron chi connectivity index (χ2n) is 7.03. The molecule has 2 heterocycles. The Morgan fingerprint density at radius 3 is 2.81 bits per heavy atom. The van der Waals surface area contributed by atoms with Crippen molar-refractivity contribution in [3.05, 3.63) is 52.6 Å². The number of H-pyrrole nitrogens is 1. The Labute approximate surface area is 151 Å². The molecule has 0 saturated carbocycles. The Bertz CT molecular complexity index is 831. The summed E-state index contributed by atoms with van der Waals surface area (Å²) in [6.45, 7) is 6.79. The number of rotatable bonds is 4. The van der Waals surface area contributed by atoms with Gasteiger partial charge in [-0.15, -0.1) is 0 Å². The number of carbonyl (C=O) groups excluding carboxylic acids is 2. The monoisotopic (exact) mass is 358 g/mol. The maximum absolute atomic E-state index is 13.4. The first kappa shape index (κ1) is 18.1. The van der Waals surface area contributed by atoms with E-state index >= 15 is 0 Å². The molecular formula is C19H23FN4O2. The summed E-state index contributed by atoms with van der Waals surface area (Å²) in [7, 11) is 0. The van der Waals surface area contributed by atoms with Crippen molar-refractivity contribution in [2.45, 2.75) is 39.2 Å². The van der Waals surface area contributed by atoms with E-state index in [1.807, 2.05) is 13.8 Å². The number of amides is 2. The van der Waals surface area contributed by atoms with Crippen LogP contribution < -0.4 is 5.32 Å². The van der Waals surface area contributed by atoms with Crippen molar-refractivity contribution in [2.24, 2.45) is 0 Å². The molecule has 1 aromatic heterocycles. The van der Waals surface area contributed by atoms with E-state index in [0.717, 1.165) is 5.69 Å². The lowest BCUT2D eigenvalue weighted by atomic mass is 10.1. The zero-order valence-electron chi connectivity index (χ0n) is 15.2. The minimum Gasteiger partial charge on any atom is -0.347 e. The molecule has 1 atom stereocenters. The molecule has 1 saturated heterocycles. The average molecular weight is 358 g/mol. The normalized spacial score (nSPS) is 17.0. The van der Waals surface area contributed by atoms with Gasteiger partial charge in [0.1, 0.15) is 11.5 Å². The van der Waals surface area contributed by atoms with E-state index in [9.17, 15) is 14.0 Å². The van der Waals surface area contributed by atoms with Gasteiger partial charge in [-0.05, 0) is 43.0 Å². The van der Waals surface area contributed by atoms with Gasteiger partial charge in [-0.2, -0.15) is 5.10 Å². The molecule has 0 aliphatic carbocycles. The molecule has 1 unspecified atom stereocenters. The summed E-state index contributed by atoms with van der Waals surface area (Å²) in [5.41, 5.74) is 2.34. The van der Waals surface area contributed by atoms with Gasteiger partial charge < -0.3 is 10.2 Å². The number of nitrogens with zero attached hydrogens (tertiary/aromatic N) is 2. The first-order valence-electron chi connectivity index (χ1n) is 8.76. The van der Waals surface area contributed by atoms with E-state index in [0.29, 0.717) is 36.3 Å². The molecule has 2 aromatic rings. The molecule has 26 heavy (non-hydrogen) atoms. The zero-order chi connectivity index (χ0) is 18.8. The number of nitrogens with one attached hydrogen (secondary N) is 2. The maximum Gasteiger partial charge on any atom is 0.274 e. The van der Waals surface area contributed by atoms with Crippen molar-refractivity contribution in [3.8, 4) is 0 Å². The number of halogens is 1. The van der Waals surface area contributed by atoms with Gasteiger partial charge in [0.25, 0.3) is 11.8 Å². The van der Waals surface area contributed by atoms with Gasteiger partial charge >= 0.3 is 0 Å². The molecule has 1 fully saturated rings. The standard InChI is InChI=1S/C19H23FN4O2/c1-11(2)16-9-17(23-22-16)19(26)24-7-6-14(10-24)21-18(25)15-8-13(20)5-4-12(15)3/h4-5,8-9,11,14H,6-7,10H2,1-3H3,(H,21,25)(H,22,23). The number of aryl methyl sites for hydroxylation is 1. The van der Waals surface area contributed by atoms with Crippen LogP contribution in [-0.2, 0) is 0 Å². The fourth-order valence-electron chi connectivity index (χ4n) is 3.07. The van der Waals surface area contributed by atoms with Gasteiger partial charge in [-0.3, -0.25) is 14.7 Å². The SMILES string of the molecule is Cc1ccc(F)cc1C(=O)NC1CCN(C(=O)c2cc(C(C)C)[nH]n2)C1. The van der Waals surface area contributed by atoms with E-state index in [4.69, 9.17) is 0 Å². The number of aromatic amines is 1. The van der Waals surface area contributed by atoms with Gasteiger partial charge in [0.2, 0.25) is 0 Å². The Kier molecular flexibility index (Phi) is 5.06. The molecule has 3 rings (SSSR count). The topological polar surface area (TPSA) is 78.1 Å². The minimum atomic E-state index is -0.441. The second-order valence-corrected chi connectivity index (χ2v) is 7.03. The smallest absolute Gasteiger partial charge is 0.274 e. The van der Waals surface area contributed by atoms with Crippen molar-refractivity contribution < 1.29 is 14.0 Å². The Morgan fingerprint density at radius 1 is 1.35 bits per heavy atom. The highest BCUT2D eigenvalue weighted by molar-refractivity contribution is 5.96. The van der Waals surface area contributed by atoms with Crippen molar-refractivity contribution in [2.75, 3.05) is 13.1 Å². The number of hydrogen-bond acceptors (Lipinski definition) is 3. The molecule has 1 aromatic carbocycles. The summed E-state index contributed by atoms with van der Waals surface area (Å²) >= 11 is 0. The molecule has 1 aliphatic rings. The summed E-state index contributed by atoms with van der Waals surface area (Å²) in [5, 5.41) is 9.87. The van der Waals surface area contributed by atoms with E-state index in [2.05, 4.69) is 15.5 Å². The fourth-order valence-corrected chi connectivity index (χ4v) is 3.07. The van der Waals surface area contributed by atoms with Gasteiger partial charge in [-0.1, -0.05) is 19.9 Å². The van der Waals surface area contributed by atoms with Crippen molar-refractivity contribution in [3.63, 3.8) is 0 Å². The number of likely N-dealkylation sites (tertiary alicyclic amines) is 1. The van der Waals surface area contributed by atoms with Crippen molar-refractivity contribution in [1.29, 1.82) is 0 Å². The lowest BCUT2D eigenvalue weighted by Crippen LogP contribution is -2.38. The number of carbonyl (C=O) groups is 2. The van der Waals surface area contributed by atoms with E-state index in [1.165, 1.54) is 12.1 Å². The number of hydrogen-bond donors (Lipinski definition) is 2. The molecule has 0 radical (unpaired) electrons. The first-order valence-corrected chi connectivity index (χ1v) is 8.76. The summed E-state index contributed by atoms with van der Waals surface area (Å²) in [6.07, 6.45) is 0.660. The van der Waals surface area contributed by atoms with E-state index in [1.54, 1.807) is 24.0 Å².